The van der Waals surface area contributed by atoms with E-state index in [0.717, 1.165) is 43.2 Å². The van der Waals surface area contributed by atoms with Crippen LogP contribution in [0, 0.1) is 0 Å². The zero-order valence-corrected chi connectivity index (χ0v) is 12.7. The van der Waals surface area contributed by atoms with E-state index in [-0.39, 0.29) is 0 Å². The third kappa shape index (κ3) is 3.87. The fraction of sp³-hybridized carbons (Fsp3) is 0.625. The maximum atomic E-state index is 6.19. The summed E-state index contributed by atoms with van der Waals surface area (Å²) in [6.07, 6.45) is 5.64. The van der Waals surface area contributed by atoms with Crippen molar-refractivity contribution >= 4 is 11.6 Å². The molecule has 1 aliphatic rings. The number of nitrogens with one attached hydrogen (secondary N) is 1. The Morgan fingerprint density at radius 2 is 2.16 bits per heavy atom. The van der Waals surface area contributed by atoms with Gasteiger partial charge in [-0.15, -0.1) is 0 Å². The van der Waals surface area contributed by atoms with Crippen LogP contribution in [0.1, 0.15) is 44.2 Å². The number of hydrogen-bond acceptors (Lipinski definition) is 2. The molecule has 1 N–H and O–H groups in total. The smallest absolute Gasteiger partial charge is 0.125 e. The van der Waals surface area contributed by atoms with Gasteiger partial charge in [-0.25, -0.2) is 0 Å². The molecule has 0 spiro atoms. The van der Waals surface area contributed by atoms with Crippen molar-refractivity contribution in [2.45, 2.75) is 52.0 Å². The lowest BCUT2D eigenvalue weighted by Crippen LogP contribution is -2.29. The normalized spacial score (nSPS) is 15.1. The topological polar surface area (TPSA) is 21.3 Å². The van der Waals surface area contributed by atoms with Gasteiger partial charge >= 0.3 is 0 Å². The van der Waals surface area contributed by atoms with Crippen LogP contribution >= 0.6 is 11.6 Å². The molecule has 0 saturated heterocycles. The van der Waals surface area contributed by atoms with E-state index < -0.39 is 0 Å². The molecule has 0 saturated carbocycles. The van der Waals surface area contributed by atoms with Crippen LogP contribution in [-0.4, -0.2) is 19.2 Å². The second-order valence-electron chi connectivity index (χ2n) is 5.23. The lowest BCUT2D eigenvalue weighted by atomic mass is 9.99. The molecule has 1 aromatic rings. The minimum atomic E-state index is 0.603. The summed E-state index contributed by atoms with van der Waals surface area (Å²) < 4.78 is 5.76. The van der Waals surface area contributed by atoms with Gasteiger partial charge in [0.25, 0.3) is 0 Å². The van der Waals surface area contributed by atoms with E-state index in [0.29, 0.717) is 6.04 Å². The molecule has 0 bridgehead atoms. The van der Waals surface area contributed by atoms with Gasteiger partial charge in [0.05, 0.1) is 6.61 Å². The first-order valence-corrected chi connectivity index (χ1v) is 7.79. The molecule has 1 aliphatic heterocycles. The van der Waals surface area contributed by atoms with Crippen LogP contribution in [0.4, 0.5) is 0 Å². The van der Waals surface area contributed by atoms with Crippen LogP contribution in [0.15, 0.2) is 12.1 Å². The first-order chi connectivity index (χ1) is 9.24. The highest BCUT2D eigenvalue weighted by Gasteiger charge is 2.18. The van der Waals surface area contributed by atoms with Gasteiger partial charge in [0.15, 0.2) is 0 Å². The highest BCUT2D eigenvalue weighted by Crippen LogP contribution is 2.33. The molecule has 0 aromatic heterocycles. The van der Waals surface area contributed by atoms with Crippen molar-refractivity contribution in [3.05, 3.63) is 28.3 Å². The number of halogens is 1. The molecular weight excluding hydrogens is 258 g/mol. The van der Waals surface area contributed by atoms with E-state index in [4.69, 9.17) is 16.3 Å². The van der Waals surface area contributed by atoms with Crippen molar-refractivity contribution in [1.29, 1.82) is 0 Å². The average molecular weight is 282 g/mol. The SMILES string of the molecule is CCCC(CCc1cc(Cl)cc2c1OCC2)NCC. The lowest BCUT2D eigenvalue weighted by molar-refractivity contribution is 0.352. The maximum Gasteiger partial charge on any atom is 0.125 e. The molecule has 1 atom stereocenters. The zero-order chi connectivity index (χ0) is 13.7. The Balaban J connectivity index is 2.02. The molecule has 1 unspecified atom stereocenters. The number of fused-ring (bicyclic) bond motifs is 1. The summed E-state index contributed by atoms with van der Waals surface area (Å²) in [6.45, 7) is 6.25. The summed E-state index contributed by atoms with van der Waals surface area (Å²) in [6, 6.07) is 4.72. The first-order valence-electron chi connectivity index (χ1n) is 7.42. The molecule has 2 rings (SSSR count). The number of ether oxygens (including phenoxy) is 1. The van der Waals surface area contributed by atoms with Crippen LogP contribution in [0.3, 0.4) is 0 Å². The second kappa shape index (κ2) is 7.16. The number of rotatable bonds is 7. The monoisotopic (exact) mass is 281 g/mol. The van der Waals surface area contributed by atoms with Crippen molar-refractivity contribution in [2.75, 3.05) is 13.2 Å². The molecule has 0 aliphatic carbocycles. The van der Waals surface area contributed by atoms with Crippen molar-refractivity contribution in [3.8, 4) is 5.75 Å². The third-order valence-electron chi connectivity index (χ3n) is 3.72. The molecular formula is C16H24ClNO. The van der Waals surface area contributed by atoms with Crippen LogP contribution in [-0.2, 0) is 12.8 Å². The van der Waals surface area contributed by atoms with Crippen LogP contribution in [0.5, 0.6) is 5.75 Å². The number of hydrogen-bond donors (Lipinski definition) is 1. The Hall–Kier alpha value is -0.730. The predicted molar refractivity (Wildman–Crippen MR) is 81.3 cm³/mol. The van der Waals surface area contributed by atoms with Crippen LogP contribution in [0.25, 0.3) is 0 Å². The minimum Gasteiger partial charge on any atom is -0.493 e. The summed E-state index contributed by atoms with van der Waals surface area (Å²) in [5, 5.41) is 4.40. The molecule has 19 heavy (non-hydrogen) atoms. The quantitative estimate of drug-likeness (QED) is 0.816. The van der Waals surface area contributed by atoms with E-state index in [1.54, 1.807) is 0 Å². The van der Waals surface area contributed by atoms with Gasteiger partial charge in [0.2, 0.25) is 0 Å². The Bertz CT molecular complexity index is 413. The highest BCUT2D eigenvalue weighted by atomic mass is 35.5. The second-order valence-corrected chi connectivity index (χ2v) is 5.67. The fourth-order valence-corrected chi connectivity index (χ4v) is 3.11. The summed E-state index contributed by atoms with van der Waals surface area (Å²) >= 11 is 6.19. The maximum absolute atomic E-state index is 6.19. The molecule has 106 valence electrons. The molecule has 1 aromatic carbocycles. The van der Waals surface area contributed by atoms with Gasteiger partial charge in [-0.05, 0) is 49.1 Å². The minimum absolute atomic E-state index is 0.603. The summed E-state index contributed by atoms with van der Waals surface area (Å²) in [5.74, 6) is 1.09. The Morgan fingerprint density at radius 1 is 1.32 bits per heavy atom. The molecule has 0 fully saturated rings. The third-order valence-corrected chi connectivity index (χ3v) is 3.94. The molecule has 0 radical (unpaired) electrons. The standard InChI is InChI=1S/C16H24ClNO/c1-3-5-15(18-4-2)7-6-12-10-14(17)11-13-8-9-19-16(12)13/h10-11,15,18H,3-9H2,1-2H3. The van der Waals surface area contributed by atoms with Crippen molar-refractivity contribution in [1.82, 2.24) is 5.32 Å². The van der Waals surface area contributed by atoms with Gasteiger partial charge < -0.3 is 10.1 Å². The average Bonchev–Trinajstić information content (AvgIpc) is 2.84. The summed E-state index contributed by atoms with van der Waals surface area (Å²) in [4.78, 5) is 0. The summed E-state index contributed by atoms with van der Waals surface area (Å²) in [7, 11) is 0. The van der Waals surface area contributed by atoms with Crippen molar-refractivity contribution < 1.29 is 4.74 Å². The van der Waals surface area contributed by atoms with E-state index in [9.17, 15) is 0 Å². The van der Waals surface area contributed by atoms with Gasteiger partial charge in [0.1, 0.15) is 5.75 Å². The van der Waals surface area contributed by atoms with E-state index in [1.165, 1.54) is 24.0 Å². The molecule has 0 amide bonds. The Morgan fingerprint density at radius 3 is 2.89 bits per heavy atom. The predicted octanol–water partition coefficient (Wildman–Crippen LogP) is 3.99. The van der Waals surface area contributed by atoms with E-state index >= 15 is 0 Å². The number of benzene rings is 1. The van der Waals surface area contributed by atoms with E-state index in [2.05, 4.69) is 25.2 Å². The van der Waals surface area contributed by atoms with Crippen molar-refractivity contribution in [2.24, 2.45) is 0 Å². The summed E-state index contributed by atoms with van der Waals surface area (Å²) in [5.41, 5.74) is 2.55. The van der Waals surface area contributed by atoms with Gasteiger partial charge in [-0.2, -0.15) is 0 Å². The zero-order valence-electron chi connectivity index (χ0n) is 12.0. The molecule has 3 heteroatoms. The molecule has 2 nitrogen and oxygen atoms in total. The van der Waals surface area contributed by atoms with Crippen molar-refractivity contribution in [3.63, 3.8) is 0 Å². The fourth-order valence-electron chi connectivity index (χ4n) is 2.85. The number of aryl methyl sites for hydroxylation is 1. The molecule has 1 heterocycles. The van der Waals surface area contributed by atoms with Gasteiger partial charge in [0, 0.05) is 17.5 Å². The van der Waals surface area contributed by atoms with Gasteiger partial charge in [-0.3, -0.25) is 0 Å². The van der Waals surface area contributed by atoms with Crippen LogP contribution in [0.2, 0.25) is 5.02 Å². The first kappa shape index (κ1) is 14.7. The highest BCUT2D eigenvalue weighted by molar-refractivity contribution is 6.30. The largest absolute Gasteiger partial charge is 0.493 e. The Labute approximate surface area is 121 Å². The lowest BCUT2D eigenvalue weighted by Gasteiger charge is -2.18. The van der Waals surface area contributed by atoms with Gasteiger partial charge in [-0.1, -0.05) is 31.9 Å². The van der Waals surface area contributed by atoms with E-state index in [1.807, 2.05) is 6.07 Å². The van der Waals surface area contributed by atoms with Crippen LogP contribution < -0.4 is 10.1 Å². The Kier molecular flexibility index (Phi) is 5.53.